The summed E-state index contributed by atoms with van der Waals surface area (Å²) in [4.78, 5) is 38.0. The van der Waals surface area contributed by atoms with E-state index in [4.69, 9.17) is 0 Å². The van der Waals surface area contributed by atoms with E-state index in [-0.39, 0.29) is 60.1 Å². The lowest BCUT2D eigenvalue weighted by Crippen LogP contribution is -2.49. The van der Waals surface area contributed by atoms with Crippen molar-refractivity contribution in [1.29, 1.82) is 0 Å². The molecule has 0 saturated carbocycles. The van der Waals surface area contributed by atoms with E-state index in [9.17, 15) is 23.1 Å². The van der Waals surface area contributed by atoms with Crippen LogP contribution in [0.2, 0.25) is 0 Å². The Labute approximate surface area is 273 Å². The summed E-state index contributed by atoms with van der Waals surface area (Å²) in [6.45, 7) is 7.31. The van der Waals surface area contributed by atoms with Gasteiger partial charge in [-0.3, -0.25) is 14.2 Å². The van der Waals surface area contributed by atoms with Gasteiger partial charge in [0, 0.05) is 56.5 Å². The summed E-state index contributed by atoms with van der Waals surface area (Å²) in [6.07, 6.45) is 3.43. The van der Waals surface area contributed by atoms with Gasteiger partial charge in [-0.25, -0.2) is 31.6 Å². The fourth-order valence-electron chi connectivity index (χ4n) is 6.32. The van der Waals surface area contributed by atoms with Crippen LogP contribution in [0.1, 0.15) is 25.3 Å². The molecule has 1 fully saturated rings. The summed E-state index contributed by atoms with van der Waals surface area (Å²) in [5.41, 5.74) is -2.41. The second kappa shape index (κ2) is 11.8. The van der Waals surface area contributed by atoms with Gasteiger partial charge in [-0.05, 0) is 30.2 Å². The molecule has 3 aromatic heterocycles. The van der Waals surface area contributed by atoms with Crippen LogP contribution in [0.3, 0.4) is 0 Å². The van der Waals surface area contributed by atoms with Gasteiger partial charge in [0.15, 0.2) is 26.2 Å². The van der Waals surface area contributed by atoms with Gasteiger partial charge in [-0.1, -0.05) is 26.5 Å². The monoisotopic (exact) mass is 680 g/mol. The molecular weight excluding hydrogens is 649 g/mol. The molecular formula is C33H31F3N6O5S. The number of aromatic nitrogens is 4. The zero-order valence-corrected chi connectivity index (χ0v) is 27.3. The Morgan fingerprint density at radius 3 is 2.33 bits per heavy atom. The average molecular weight is 681 g/mol. The number of rotatable bonds is 6. The Bertz CT molecular complexity index is 2320. The molecule has 11 nitrogen and oxygen atoms in total. The maximum absolute atomic E-state index is 16.5. The van der Waals surface area contributed by atoms with E-state index in [0.29, 0.717) is 11.0 Å². The lowest BCUT2D eigenvalue weighted by Gasteiger charge is -2.37. The number of pyridine rings is 2. The largest absolute Gasteiger partial charge is 0.507 e. The fourth-order valence-corrected chi connectivity index (χ4v) is 7.32. The Hall–Kier alpha value is -5.18. The van der Waals surface area contributed by atoms with Crippen LogP contribution >= 0.6 is 0 Å². The van der Waals surface area contributed by atoms with Crippen LogP contribution in [0.15, 0.2) is 59.0 Å². The number of halogens is 3. The third-order valence-electron chi connectivity index (χ3n) is 8.50. The van der Waals surface area contributed by atoms with Crippen molar-refractivity contribution in [2.45, 2.75) is 24.7 Å². The van der Waals surface area contributed by atoms with E-state index in [1.165, 1.54) is 22.2 Å². The number of hydrogen-bond donors (Lipinski definition) is 1. The van der Waals surface area contributed by atoms with Gasteiger partial charge in [0.1, 0.15) is 23.1 Å². The third kappa shape index (κ3) is 5.18. The Kier molecular flexibility index (Phi) is 8.06. The molecule has 0 bridgehead atoms. The van der Waals surface area contributed by atoms with Crippen molar-refractivity contribution in [3.8, 4) is 22.7 Å². The lowest BCUT2D eigenvalue weighted by molar-refractivity contribution is -0.126. The van der Waals surface area contributed by atoms with Crippen molar-refractivity contribution in [2.24, 2.45) is 7.05 Å². The van der Waals surface area contributed by atoms with E-state index < -0.39 is 60.7 Å². The van der Waals surface area contributed by atoms with E-state index >= 15 is 13.2 Å². The zero-order valence-electron chi connectivity index (χ0n) is 26.5. The van der Waals surface area contributed by atoms with Gasteiger partial charge in [-0.2, -0.15) is 0 Å². The summed E-state index contributed by atoms with van der Waals surface area (Å²) in [7, 11) is -2.74. The standard InChI is InChI=1S/C33H31F3N6O5S/c1-6-24(44)40-10-12-41(13-11-40)29-18-14-20(35)27(26-19(34)8-7-9-23(26)43)38-32(18)42(33(45)31(29)48(5,46)47)30-21(36)15-22-28(25(30)17(2)3)37-16-39(22)4/h6-9,14-17,43H,1,10-13H2,2-5H3. The lowest BCUT2D eigenvalue weighted by atomic mass is 9.98. The summed E-state index contributed by atoms with van der Waals surface area (Å²) >= 11 is 0. The molecule has 4 heterocycles. The molecule has 0 radical (unpaired) electrons. The van der Waals surface area contributed by atoms with E-state index in [0.717, 1.165) is 41.2 Å². The molecule has 48 heavy (non-hydrogen) atoms. The van der Waals surface area contributed by atoms with Crippen LogP contribution in [0.5, 0.6) is 5.75 Å². The molecule has 1 amide bonds. The first-order valence-electron chi connectivity index (χ1n) is 14.9. The highest BCUT2D eigenvalue weighted by Crippen LogP contribution is 2.40. The number of phenolic OH excluding ortho intramolecular Hbond substituents is 1. The van der Waals surface area contributed by atoms with Gasteiger partial charge >= 0.3 is 0 Å². The van der Waals surface area contributed by atoms with Gasteiger partial charge in [0.25, 0.3) is 5.56 Å². The predicted molar refractivity (Wildman–Crippen MR) is 175 cm³/mol. The van der Waals surface area contributed by atoms with Gasteiger partial charge in [0.05, 0.1) is 34.3 Å². The number of aromatic hydroxyl groups is 1. The van der Waals surface area contributed by atoms with Gasteiger partial charge in [-0.15, -0.1) is 0 Å². The molecule has 2 aromatic carbocycles. The molecule has 5 aromatic rings. The van der Waals surface area contributed by atoms with Crippen molar-refractivity contribution < 1.29 is 31.5 Å². The average Bonchev–Trinajstić information content (AvgIpc) is 3.39. The highest BCUT2D eigenvalue weighted by atomic mass is 32.2. The van der Waals surface area contributed by atoms with Crippen LogP contribution in [0, 0.1) is 17.5 Å². The second-order valence-corrected chi connectivity index (χ2v) is 13.9. The SMILES string of the molecule is C=CC(=O)N1CCN(c2c(S(C)(=O)=O)c(=O)n(-c3c(F)cc4c(ncn4C)c3C(C)C)c3nc(-c4c(O)cccc4F)c(F)cc23)CC1. The zero-order chi connectivity index (χ0) is 34.8. The summed E-state index contributed by atoms with van der Waals surface area (Å²) in [5.74, 6) is -4.53. The number of carbonyl (C=O) groups excluding carboxylic acids is 1. The number of phenols is 1. The molecule has 0 unspecified atom stereocenters. The van der Waals surface area contributed by atoms with Crippen LogP contribution < -0.4 is 10.5 Å². The third-order valence-corrected chi connectivity index (χ3v) is 9.61. The van der Waals surface area contributed by atoms with Gasteiger partial charge in [0.2, 0.25) is 5.91 Å². The first kappa shape index (κ1) is 32.7. The summed E-state index contributed by atoms with van der Waals surface area (Å²) in [5, 5.41) is 10.4. The Morgan fingerprint density at radius 1 is 1.04 bits per heavy atom. The molecule has 6 rings (SSSR count). The number of carbonyl (C=O) groups is 1. The minimum absolute atomic E-state index is 0.0453. The molecule has 0 aliphatic carbocycles. The Morgan fingerprint density at radius 2 is 1.73 bits per heavy atom. The number of benzene rings is 2. The summed E-state index contributed by atoms with van der Waals surface area (Å²) < 4.78 is 77.1. The number of imidazole rings is 1. The molecule has 1 aliphatic heterocycles. The smallest absolute Gasteiger partial charge is 0.277 e. The van der Waals surface area contributed by atoms with Crippen molar-refractivity contribution in [3.05, 3.63) is 82.7 Å². The van der Waals surface area contributed by atoms with Crippen LogP contribution in [0.4, 0.5) is 18.9 Å². The minimum atomic E-state index is -4.41. The Balaban J connectivity index is 1.80. The van der Waals surface area contributed by atoms with Gasteiger partial charge < -0.3 is 19.5 Å². The molecule has 1 N–H and O–H groups in total. The van der Waals surface area contributed by atoms with Crippen LogP contribution in [0.25, 0.3) is 39.0 Å². The number of sulfone groups is 1. The van der Waals surface area contributed by atoms with Crippen molar-refractivity contribution in [1.82, 2.24) is 24.0 Å². The van der Waals surface area contributed by atoms with E-state index in [1.54, 1.807) is 25.5 Å². The topological polar surface area (TPSA) is 131 Å². The number of hydrogen-bond acceptors (Lipinski definition) is 8. The fraction of sp³-hybridized carbons (Fsp3) is 0.273. The predicted octanol–water partition coefficient (Wildman–Crippen LogP) is 4.42. The number of nitrogens with zero attached hydrogens (tertiary/aromatic N) is 6. The first-order valence-corrected chi connectivity index (χ1v) is 16.8. The number of fused-ring (bicyclic) bond motifs is 2. The highest BCUT2D eigenvalue weighted by Gasteiger charge is 2.34. The molecule has 0 spiro atoms. The number of amides is 1. The van der Waals surface area contributed by atoms with Crippen molar-refractivity contribution >= 4 is 43.5 Å². The maximum Gasteiger partial charge on any atom is 0.277 e. The van der Waals surface area contributed by atoms with Crippen molar-refractivity contribution in [2.75, 3.05) is 37.3 Å². The highest BCUT2D eigenvalue weighted by molar-refractivity contribution is 7.90. The van der Waals surface area contributed by atoms with Crippen molar-refractivity contribution in [3.63, 3.8) is 0 Å². The van der Waals surface area contributed by atoms with E-state index in [2.05, 4.69) is 16.5 Å². The van der Waals surface area contributed by atoms with Crippen LogP contribution in [-0.4, -0.2) is 75.9 Å². The quantitative estimate of drug-likeness (QED) is 0.261. The molecule has 0 atom stereocenters. The molecule has 250 valence electrons. The minimum Gasteiger partial charge on any atom is -0.507 e. The maximum atomic E-state index is 16.5. The molecule has 1 aliphatic rings. The number of anilines is 1. The molecule has 1 saturated heterocycles. The number of aryl methyl sites for hydroxylation is 1. The molecule has 15 heteroatoms. The van der Waals surface area contributed by atoms with E-state index in [1.807, 2.05) is 0 Å². The second-order valence-electron chi connectivity index (χ2n) is 11.9. The number of piperazine rings is 1. The first-order chi connectivity index (χ1) is 22.6. The summed E-state index contributed by atoms with van der Waals surface area (Å²) in [6, 6.07) is 5.38. The van der Waals surface area contributed by atoms with Crippen LogP contribution in [-0.2, 0) is 21.7 Å². The normalized spacial score (nSPS) is 14.0.